The topological polar surface area (TPSA) is 73.9 Å². The molecular weight excluding hydrogens is 326 g/mol. The lowest BCUT2D eigenvalue weighted by atomic mass is 10.1. The van der Waals surface area contributed by atoms with E-state index in [9.17, 15) is 4.79 Å². The van der Waals surface area contributed by atoms with Crippen LogP contribution in [0.3, 0.4) is 0 Å². The summed E-state index contributed by atoms with van der Waals surface area (Å²) in [6, 6.07) is 11.9. The zero-order valence-electron chi connectivity index (χ0n) is 14.7. The Balaban J connectivity index is 1.40. The summed E-state index contributed by atoms with van der Waals surface area (Å²) in [5.74, 6) is 0.793. The average Bonchev–Trinajstić information content (AvgIpc) is 3.11. The van der Waals surface area contributed by atoms with E-state index < -0.39 is 0 Å². The van der Waals surface area contributed by atoms with Crippen molar-refractivity contribution in [2.24, 2.45) is 0 Å². The molecule has 1 saturated heterocycles. The Bertz CT molecular complexity index is 865. The number of imidazole rings is 1. The third kappa shape index (κ3) is 3.69. The number of fused-ring (bicyclic) bond motifs is 1. The summed E-state index contributed by atoms with van der Waals surface area (Å²) in [4.78, 5) is 26.7. The molecule has 0 saturated carbocycles. The molecule has 1 aliphatic heterocycles. The third-order valence-corrected chi connectivity index (χ3v) is 4.77. The minimum atomic E-state index is 0.00266. The SMILES string of the molecule is O=C(CCc1nc2ncccc2[nH]1)Nc1ccccc1N1CCCCC1. The second-order valence-corrected chi connectivity index (χ2v) is 6.67. The first-order valence-electron chi connectivity index (χ1n) is 9.23. The predicted octanol–water partition coefficient (Wildman–Crippen LogP) is 3.52. The van der Waals surface area contributed by atoms with Crippen molar-refractivity contribution in [2.75, 3.05) is 23.3 Å². The lowest BCUT2D eigenvalue weighted by Crippen LogP contribution is -2.30. The number of hydrogen-bond acceptors (Lipinski definition) is 4. The van der Waals surface area contributed by atoms with Crippen LogP contribution < -0.4 is 10.2 Å². The Morgan fingerprint density at radius 1 is 1.12 bits per heavy atom. The van der Waals surface area contributed by atoms with Crippen molar-refractivity contribution < 1.29 is 4.79 Å². The number of carbonyl (C=O) groups excluding carboxylic acids is 1. The molecule has 6 nitrogen and oxygen atoms in total. The van der Waals surface area contributed by atoms with Gasteiger partial charge in [0.1, 0.15) is 5.82 Å². The van der Waals surface area contributed by atoms with E-state index in [1.54, 1.807) is 6.20 Å². The van der Waals surface area contributed by atoms with Crippen LogP contribution in [0, 0.1) is 0 Å². The Kier molecular flexibility index (Phi) is 4.82. The number of rotatable bonds is 5. The number of amides is 1. The Morgan fingerprint density at radius 2 is 1.96 bits per heavy atom. The van der Waals surface area contributed by atoms with Gasteiger partial charge in [-0.05, 0) is 43.5 Å². The fourth-order valence-corrected chi connectivity index (χ4v) is 3.45. The van der Waals surface area contributed by atoms with E-state index in [1.807, 2.05) is 30.3 Å². The molecule has 3 heterocycles. The van der Waals surface area contributed by atoms with Crippen LogP contribution in [0.5, 0.6) is 0 Å². The number of piperidine rings is 1. The highest BCUT2D eigenvalue weighted by Crippen LogP contribution is 2.28. The van der Waals surface area contributed by atoms with E-state index in [0.29, 0.717) is 18.5 Å². The largest absolute Gasteiger partial charge is 0.370 e. The number of aryl methyl sites for hydroxylation is 1. The van der Waals surface area contributed by atoms with Gasteiger partial charge >= 0.3 is 0 Å². The molecule has 0 radical (unpaired) electrons. The predicted molar refractivity (Wildman–Crippen MR) is 103 cm³/mol. The highest BCUT2D eigenvalue weighted by atomic mass is 16.1. The molecule has 0 spiro atoms. The number of aromatic nitrogens is 3. The summed E-state index contributed by atoms with van der Waals surface area (Å²) < 4.78 is 0. The second kappa shape index (κ2) is 7.56. The molecule has 0 aliphatic carbocycles. The number of carbonyl (C=O) groups is 1. The molecule has 2 N–H and O–H groups in total. The monoisotopic (exact) mass is 349 g/mol. The Morgan fingerprint density at radius 3 is 2.81 bits per heavy atom. The van der Waals surface area contributed by atoms with Gasteiger partial charge in [0.15, 0.2) is 5.65 Å². The van der Waals surface area contributed by atoms with Crippen LogP contribution in [-0.4, -0.2) is 33.9 Å². The summed E-state index contributed by atoms with van der Waals surface area (Å²) >= 11 is 0. The molecule has 0 unspecified atom stereocenters. The number of aromatic amines is 1. The summed E-state index contributed by atoms with van der Waals surface area (Å²) in [5.41, 5.74) is 3.61. The van der Waals surface area contributed by atoms with Crippen molar-refractivity contribution in [1.29, 1.82) is 0 Å². The number of para-hydroxylation sites is 2. The van der Waals surface area contributed by atoms with Gasteiger partial charge in [-0.2, -0.15) is 0 Å². The molecule has 6 heteroatoms. The number of nitrogens with one attached hydrogen (secondary N) is 2. The van der Waals surface area contributed by atoms with Gasteiger partial charge in [-0.25, -0.2) is 9.97 Å². The van der Waals surface area contributed by atoms with Crippen LogP contribution in [0.15, 0.2) is 42.6 Å². The molecule has 1 fully saturated rings. The molecule has 0 bridgehead atoms. The van der Waals surface area contributed by atoms with Crippen molar-refractivity contribution in [2.45, 2.75) is 32.1 Å². The minimum Gasteiger partial charge on any atom is -0.370 e. The van der Waals surface area contributed by atoms with Gasteiger partial charge in [-0.1, -0.05) is 12.1 Å². The van der Waals surface area contributed by atoms with Gasteiger partial charge in [0, 0.05) is 32.1 Å². The molecular formula is C20H23N5O. The van der Waals surface area contributed by atoms with Gasteiger partial charge in [0.05, 0.1) is 16.9 Å². The highest BCUT2D eigenvalue weighted by molar-refractivity contribution is 5.94. The smallest absolute Gasteiger partial charge is 0.224 e. The second-order valence-electron chi connectivity index (χ2n) is 6.67. The van der Waals surface area contributed by atoms with Crippen LogP contribution in [0.1, 0.15) is 31.5 Å². The molecule has 0 atom stereocenters. The molecule has 26 heavy (non-hydrogen) atoms. The molecule has 1 amide bonds. The Hall–Kier alpha value is -2.89. The maximum absolute atomic E-state index is 12.4. The maximum atomic E-state index is 12.4. The first-order chi connectivity index (χ1) is 12.8. The maximum Gasteiger partial charge on any atom is 0.224 e. The number of H-pyrrole nitrogens is 1. The number of benzene rings is 1. The van der Waals surface area contributed by atoms with Crippen LogP contribution >= 0.6 is 0 Å². The van der Waals surface area contributed by atoms with E-state index in [0.717, 1.165) is 35.8 Å². The molecule has 1 aromatic carbocycles. The average molecular weight is 349 g/mol. The number of nitrogens with zero attached hydrogens (tertiary/aromatic N) is 3. The quantitative estimate of drug-likeness (QED) is 0.739. The summed E-state index contributed by atoms with van der Waals surface area (Å²) in [7, 11) is 0. The third-order valence-electron chi connectivity index (χ3n) is 4.77. The molecule has 1 aliphatic rings. The summed E-state index contributed by atoms with van der Waals surface area (Å²) in [6.07, 6.45) is 6.38. The first kappa shape index (κ1) is 16.6. The van der Waals surface area contributed by atoms with Gasteiger partial charge in [0.2, 0.25) is 5.91 Å². The van der Waals surface area contributed by atoms with Crippen molar-refractivity contribution in [3.05, 3.63) is 48.4 Å². The van der Waals surface area contributed by atoms with Gasteiger partial charge in [-0.3, -0.25) is 4.79 Å². The van der Waals surface area contributed by atoms with E-state index in [4.69, 9.17) is 0 Å². The molecule has 4 rings (SSSR count). The zero-order valence-corrected chi connectivity index (χ0v) is 14.7. The number of anilines is 2. The van der Waals surface area contributed by atoms with Crippen molar-refractivity contribution in [3.8, 4) is 0 Å². The fraction of sp³-hybridized carbons (Fsp3) is 0.350. The van der Waals surface area contributed by atoms with Gasteiger partial charge in [0.25, 0.3) is 0 Å². The van der Waals surface area contributed by atoms with E-state index in [1.165, 1.54) is 19.3 Å². The molecule has 2 aromatic heterocycles. The summed E-state index contributed by atoms with van der Waals surface area (Å²) in [6.45, 7) is 2.11. The van der Waals surface area contributed by atoms with Gasteiger partial charge in [-0.15, -0.1) is 0 Å². The zero-order chi connectivity index (χ0) is 17.8. The van der Waals surface area contributed by atoms with Crippen molar-refractivity contribution >= 4 is 28.4 Å². The van der Waals surface area contributed by atoms with Gasteiger partial charge < -0.3 is 15.2 Å². The number of hydrogen-bond donors (Lipinski definition) is 2. The van der Waals surface area contributed by atoms with Crippen molar-refractivity contribution in [3.63, 3.8) is 0 Å². The standard InChI is InChI=1S/C20H23N5O/c26-19(11-10-18-22-16-8-6-12-21-20(16)24-18)23-15-7-2-3-9-17(15)25-13-4-1-5-14-25/h2-3,6-9,12H,1,4-5,10-11,13-14H2,(H,23,26)(H,21,22,24). The van der Waals surface area contributed by atoms with Crippen LogP contribution in [0.4, 0.5) is 11.4 Å². The van der Waals surface area contributed by atoms with E-state index in [2.05, 4.69) is 31.2 Å². The van der Waals surface area contributed by atoms with Crippen LogP contribution in [0.2, 0.25) is 0 Å². The molecule has 3 aromatic rings. The fourth-order valence-electron chi connectivity index (χ4n) is 3.45. The lowest BCUT2D eigenvalue weighted by Gasteiger charge is -2.30. The first-order valence-corrected chi connectivity index (χ1v) is 9.23. The molecule has 134 valence electrons. The van der Waals surface area contributed by atoms with Crippen LogP contribution in [-0.2, 0) is 11.2 Å². The van der Waals surface area contributed by atoms with Crippen molar-refractivity contribution in [1.82, 2.24) is 15.0 Å². The minimum absolute atomic E-state index is 0.00266. The van der Waals surface area contributed by atoms with E-state index in [-0.39, 0.29) is 5.91 Å². The van der Waals surface area contributed by atoms with E-state index >= 15 is 0 Å². The number of pyridine rings is 1. The summed E-state index contributed by atoms with van der Waals surface area (Å²) in [5, 5.41) is 3.07. The Labute approximate surface area is 152 Å². The lowest BCUT2D eigenvalue weighted by molar-refractivity contribution is -0.116. The highest BCUT2D eigenvalue weighted by Gasteiger charge is 2.15. The van der Waals surface area contributed by atoms with Crippen LogP contribution in [0.25, 0.3) is 11.2 Å². The normalized spacial score (nSPS) is 14.5.